The number of ether oxygens (including phenoxy) is 1. The van der Waals surface area contributed by atoms with Crippen molar-refractivity contribution in [2.75, 3.05) is 13.7 Å². The van der Waals surface area contributed by atoms with E-state index in [0.717, 1.165) is 26.2 Å². The molecule has 5 nitrogen and oxygen atoms in total. The number of hydrogen-bond acceptors (Lipinski definition) is 4. The molecule has 1 aromatic carbocycles. The van der Waals surface area contributed by atoms with E-state index in [0.29, 0.717) is 6.07 Å². The molecule has 0 aromatic heterocycles. The molecule has 0 aliphatic carbocycles. The van der Waals surface area contributed by atoms with Crippen molar-refractivity contribution in [3.05, 3.63) is 34.3 Å². The molecule has 0 aliphatic rings. The van der Waals surface area contributed by atoms with Gasteiger partial charge in [-0.1, -0.05) is 11.6 Å². The quantitative estimate of drug-likeness (QED) is 0.823. The first-order valence-electron chi connectivity index (χ1n) is 5.95. The molecular formula is C13H13ClF3NO4. The highest BCUT2D eigenvalue weighted by molar-refractivity contribution is 6.30. The van der Waals surface area contributed by atoms with Crippen LogP contribution < -0.4 is 5.32 Å². The third kappa shape index (κ3) is 4.35. The fraction of sp³-hybridized carbons (Fsp3) is 0.385. The fourth-order valence-electron chi connectivity index (χ4n) is 1.59. The SMILES string of the molecule is COC(=O)[C@](C)(O)CNC(=O)c1ccc(Cl)cc1C(F)(F)F. The summed E-state index contributed by atoms with van der Waals surface area (Å²) in [4.78, 5) is 23.1. The number of nitrogens with one attached hydrogen (secondary N) is 1. The predicted octanol–water partition coefficient (Wildman–Crippen LogP) is 2.01. The van der Waals surface area contributed by atoms with Crippen molar-refractivity contribution in [2.45, 2.75) is 18.7 Å². The number of amides is 1. The molecule has 0 heterocycles. The van der Waals surface area contributed by atoms with E-state index >= 15 is 0 Å². The van der Waals surface area contributed by atoms with E-state index in [4.69, 9.17) is 11.6 Å². The van der Waals surface area contributed by atoms with Crippen molar-refractivity contribution in [1.82, 2.24) is 5.32 Å². The predicted molar refractivity (Wildman–Crippen MR) is 71.4 cm³/mol. The third-order valence-electron chi connectivity index (χ3n) is 2.75. The highest BCUT2D eigenvalue weighted by Crippen LogP contribution is 2.33. The summed E-state index contributed by atoms with van der Waals surface area (Å²) in [6.07, 6.45) is -4.78. The monoisotopic (exact) mass is 339 g/mol. The maximum absolute atomic E-state index is 12.9. The molecule has 0 saturated carbocycles. The first-order valence-corrected chi connectivity index (χ1v) is 6.32. The minimum Gasteiger partial charge on any atom is -0.467 e. The molecule has 1 atom stereocenters. The number of alkyl halides is 3. The number of carbonyl (C=O) groups is 2. The Balaban J connectivity index is 2.98. The van der Waals surface area contributed by atoms with Crippen LogP contribution in [0.4, 0.5) is 13.2 Å². The van der Waals surface area contributed by atoms with Gasteiger partial charge in [0.2, 0.25) is 0 Å². The second kappa shape index (κ2) is 6.53. The molecule has 1 amide bonds. The second-order valence-electron chi connectivity index (χ2n) is 4.64. The molecule has 0 saturated heterocycles. The number of benzene rings is 1. The molecule has 9 heteroatoms. The van der Waals surface area contributed by atoms with Gasteiger partial charge >= 0.3 is 12.1 Å². The van der Waals surface area contributed by atoms with Crippen LogP contribution in [0.5, 0.6) is 0 Å². The largest absolute Gasteiger partial charge is 0.467 e. The Bertz CT molecular complexity index is 587. The van der Waals surface area contributed by atoms with Crippen molar-refractivity contribution in [1.29, 1.82) is 0 Å². The molecule has 1 aromatic rings. The maximum Gasteiger partial charge on any atom is 0.417 e. The summed E-state index contributed by atoms with van der Waals surface area (Å²) in [6, 6.07) is 2.66. The van der Waals surface area contributed by atoms with Crippen LogP contribution in [0.1, 0.15) is 22.8 Å². The molecule has 122 valence electrons. The van der Waals surface area contributed by atoms with Crippen LogP contribution in [0, 0.1) is 0 Å². The van der Waals surface area contributed by atoms with E-state index in [9.17, 15) is 27.9 Å². The maximum atomic E-state index is 12.9. The molecule has 0 spiro atoms. The van der Waals surface area contributed by atoms with Gasteiger partial charge in [-0.3, -0.25) is 4.79 Å². The highest BCUT2D eigenvalue weighted by atomic mass is 35.5. The zero-order chi connectivity index (χ0) is 17.1. The van der Waals surface area contributed by atoms with E-state index in [-0.39, 0.29) is 5.02 Å². The number of hydrogen-bond donors (Lipinski definition) is 2. The number of esters is 1. The number of carbonyl (C=O) groups excluding carboxylic acids is 2. The fourth-order valence-corrected chi connectivity index (χ4v) is 1.76. The van der Waals surface area contributed by atoms with Crippen LogP contribution in [-0.4, -0.2) is 36.2 Å². The van der Waals surface area contributed by atoms with Crippen LogP contribution >= 0.6 is 11.6 Å². The molecular weight excluding hydrogens is 327 g/mol. The van der Waals surface area contributed by atoms with E-state index in [1.807, 2.05) is 0 Å². The Labute approximate surface area is 129 Å². The molecule has 1 rings (SSSR count). The zero-order valence-electron chi connectivity index (χ0n) is 11.6. The number of methoxy groups -OCH3 is 1. The van der Waals surface area contributed by atoms with Gasteiger partial charge in [-0.05, 0) is 25.1 Å². The summed E-state index contributed by atoms with van der Waals surface area (Å²) in [5.41, 5.74) is -3.94. The van der Waals surface area contributed by atoms with E-state index in [1.54, 1.807) is 0 Å². The summed E-state index contributed by atoms with van der Waals surface area (Å²) in [5, 5.41) is 11.6. The normalized spacial score (nSPS) is 14.1. The first-order chi connectivity index (χ1) is 9.99. The third-order valence-corrected chi connectivity index (χ3v) is 2.99. The number of aliphatic hydroxyl groups is 1. The minimum absolute atomic E-state index is 0.176. The van der Waals surface area contributed by atoms with E-state index < -0.39 is 41.3 Å². The summed E-state index contributed by atoms with van der Waals surface area (Å²) in [5.74, 6) is -2.13. The van der Waals surface area contributed by atoms with Gasteiger partial charge in [0.25, 0.3) is 5.91 Å². The Hall–Kier alpha value is -1.80. The molecule has 0 radical (unpaired) electrons. The van der Waals surface area contributed by atoms with E-state index in [1.165, 1.54) is 0 Å². The number of rotatable bonds is 4. The van der Waals surface area contributed by atoms with Crippen molar-refractivity contribution < 1.29 is 32.6 Å². The summed E-state index contributed by atoms with van der Waals surface area (Å²) < 4.78 is 43.0. The second-order valence-corrected chi connectivity index (χ2v) is 5.07. The Morgan fingerprint density at radius 1 is 1.36 bits per heavy atom. The molecule has 22 heavy (non-hydrogen) atoms. The van der Waals surface area contributed by atoms with E-state index in [2.05, 4.69) is 10.1 Å². The smallest absolute Gasteiger partial charge is 0.417 e. The topological polar surface area (TPSA) is 75.6 Å². The summed E-state index contributed by atoms with van der Waals surface area (Å²) in [7, 11) is 1.03. The Morgan fingerprint density at radius 3 is 2.45 bits per heavy atom. The first kappa shape index (κ1) is 18.2. The standard InChI is InChI=1S/C13H13ClF3NO4/c1-12(21,11(20)22-2)6-18-10(19)8-4-3-7(14)5-9(8)13(15,16)17/h3-5,21H,6H2,1-2H3,(H,18,19)/t12-/m1/s1. The van der Waals surface area contributed by atoms with Gasteiger partial charge < -0.3 is 15.2 Å². The lowest BCUT2D eigenvalue weighted by Crippen LogP contribution is -2.47. The average Bonchev–Trinajstić information content (AvgIpc) is 2.42. The lowest BCUT2D eigenvalue weighted by atomic mass is 10.0. The highest BCUT2D eigenvalue weighted by Gasteiger charge is 2.37. The van der Waals surface area contributed by atoms with Crippen molar-refractivity contribution in [3.63, 3.8) is 0 Å². The van der Waals surface area contributed by atoms with Gasteiger partial charge in [-0.15, -0.1) is 0 Å². The average molecular weight is 340 g/mol. The molecule has 0 unspecified atom stereocenters. The van der Waals surface area contributed by atoms with Crippen LogP contribution in [0.2, 0.25) is 5.02 Å². The van der Waals surface area contributed by atoms with Crippen molar-refractivity contribution in [3.8, 4) is 0 Å². The summed E-state index contributed by atoms with van der Waals surface area (Å²) in [6.45, 7) is 0.448. The lowest BCUT2D eigenvalue weighted by Gasteiger charge is -2.21. The van der Waals surface area contributed by atoms with Crippen molar-refractivity contribution >= 4 is 23.5 Å². The molecule has 0 aliphatic heterocycles. The van der Waals surface area contributed by atoms with Gasteiger partial charge in [0, 0.05) is 5.02 Å². The van der Waals surface area contributed by atoms with Crippen LogP contribution in [0.25, 0.3) is 0 Å². The molecule has 2 N–H and O–H groups in total. The molecule has 0 fully saturated rings. The van der Waals surface area contributed by atoms with Crippen LogP contribution in [-0.2, 0) is 15.7 Å². The zero-order valence-corrected chi connectivity index (χ0v) is 12.4. The van der Waals surface area contributed by atoms with Gasteiger partial charge in [0.1, 0.15) is 0 Å². The Morgan fingerprint density at radius 2 is 1.95 bits per heavy atom. The summed E-state index contributed by atoms with van der Waals surface area (Å²) >= 11 is 5.50. The Kier molecular flexibility index (Phi) is 5.42. The minimum atomic E-state index is -4.78. The van der Waals surface area contributed by atoms with Gasteiger partial charge in [-0.25, -0.2) is 4.79 Å². The van der Waals surface area contributed by atoms with Gasteiger partial charge in [-0.2, -0.15) is 13.2 Å². The van der Waals surface area contributed by atoms with Gasteiger partial charge in [0.15, 0.2) is 5.60 Å². The van der Waals surface area contributed by atoms with Gasteiger partial charge in [0.05, 0.1) is 24.8 Å². The molecule has 0 bridgehead atoms. The van der Waals surface area contributed by atoms with Crippen molar-refractivity contribution in [2.24, 2.45) is 0 Å². The van der Waals surface area contributed by atoms with Crippen LogP contribution in [0.15, 0.2) is 18.2 Å². The number of halogens is 4. The van der Waals surface area contributed by atoms with Crippen LogP contribution in [0.3, 0.4) is 0 Å². The lowest BCUT2D eigenvalue weighted by molar-refractivity contribution is -0.159.